The molecule has 1 aliphatic heterocycles. The van der Waals surface area contributed by atoms with Crippen LogP contribution in [-0.4, -0.2) is 31.2 Å². The van der Waals surface area contributed by atoms with E-state index in [0.29, 0.717) is 12.4 Å². The topological polar surface area (TPSA) is 72.0 Å². The van der Waals surface area contributed by atoms with Gasteiger partial charge in [0.05, 0.1) is 17.2 Å². The molecule has 1 aliphatic rings. The quantitative estimate of drug-likeness (QED) is 0.710. The van der Waals surface area contributed by atoms with E-state index in [9.17, 15) is 8.42 Å². The van der Waals surface area contributed by atoms with Gasteiger partial charge >= 0.3 is 0 Å². The van der Waals surface area contributed by atoms with E-state index in [2.05, 4.69) is 15.3 Å². The average Bonchev–Trinajstić information content (AvgIpc) is 2.16. The lowest BCUT2D eigenvalue weighted by molar-refractivity contribution is 0.590. The van der Waals surface area contributed by atoms with Crippen molar-refractivity contribution in [2.75, 3.05) is 18.1 Å². The van der Waals surface area contributed by atoms with Gasteiger partial charge in [0.15, 0.2) is 9.84 Å². The predicted molar refractivity (Wildman–Crippen MR) is 52.8 cm³/mol. The summed E-state index contributed by atoms with van der Waals surface area (Å²) in [6.45, 7) is 0. The monoisotopic (exact) mass is 213 g/mol. The molecule has 1 N–H and O–H groups in total. The van der Waals surface area contributed by atoms with E-state index >= 15 is 0 Å². The smallest absolute Gasteiger partial charge is 0.222 e. The fraction of sp³-hybridized carbons (Fsp3) is 0.500. The first-order valence-corrected chi connectivity index (χ1v) is 6.16. The Morgan fingerprint density at radius 3 is 3.00 bits per heavy atom. The van der Waals surface area contributed by atoms with Gasteiger partial charge in [0.25, 0.3) is 0 Å². The molecule has 0 fully saturated rings. The first kappa shape index (κ1) is 9.39. The third-order valence-corrected chi connectivity index (χ3v) is 3.78. The molecule has 76 valence electrons. The fourth-order valence-electron chi connectivity index (χ4n) is 1.46. The van der Waals surface area contributed by atoms with Crippen molar-refractivity contribution in [1.29, 1.82) is 0 Å². The third-order valence-electron chi connectivity index (χ3n) is 2.20. The Labute approximate surface area is 82.5 Å². The van der Waals surface area contributed by atoms with Crippen molar-refractivity contribution in [3.05, 3.63) is 17.5 Å². The van der Waals surface area contributed by atoms with Gasteiger partial charge in [-0.05, 0) is 0 Å². The van der Waals surface area contributed by atoms with Crippen LogP contribution in [0.4, 0.5) is 5.95 Å². The summed E-state index contributed by atoms with van der Waals surface area (Å²) in [6, 6.07) is 0. The van der Waals surface area contributed by atoms with Crippen LogP contribution in [0.1, 0.15) is 11.3 Å². The molecule has 0 aromatic carbocycles. The summed E-state index contributed by atoms with van der Waals surface area (Å²) in [7, 11) is -1.18. The van der Waals surface area contributed by atoms with Crippen LogP contribution in [-0.2, 0) is 22.0 Å². The molecule has 1 aromatic heterocycles. The van der Waals surface area contributed by atoms with Gasteiger partial charge in [0, 0.05) is 25.2 Å². The molecule has 6 heteroatoms. The molecule has 0 saturated heterocycles. The summed E-state index contributed by atoms with van der Waals surface area (Å²) in [4.78, 5) is 8.20. The van der Waals surface area contributed by atoms with Crippen LogP contribution in [0.15, 0.2) is 6.20 Å². The lowest BCUT2D eigenvalue weighted by Crippen LogP contribution is -2.20. The Hall–Kier alpha value is -1.17. The van der Waals surface area contributed by atoms with Gasteiger partial charge in [-0.15, -0.1) is 0 Å². The van der Waals surface area contributed by atoms with Gasteiger partial charge in [-0.2, -0.15) is 0 Å². The van der Waals surface area contributed by atoms with E-state index in [0.717, 1.165) is 11.3 Å². The minimum atomic E-state index is -2.92. The third kappa shape index (κ3) is 1.70. The molecular weight excluding hydrogens is 202 g/mol. The highest BCUT2D eigenvalue weighted by molar-refractivity contribution is 7.90. The number of nitrogens with one attached hydrogen (secondary N) is 1. The van der Waals surface area contributed by atoms with Crippen molar-refractivity contribution < 1.29 is 8.42 Å². The highest BCUT2D eigenvalue weighted by Crippen LogP contribution is 2.18. The van der Waals surface area contributed by atoms with Crippen LogP contribution in [0.3, 0.4) is 0 Å². The number of aryl methyl sites for hydroxylation is 1. The maximum atomic E-state index is 11.3. The summed E-state index contributed by atoms with van der Waals surface area (Å²) in [6.07, 6.45) is 2.08. The number of hydrogen-bond acceptors (Lipinski definition) is 5. The van der Waals surface area contributed by atoms with Crippen LogP contribution in [0.2, 0.25) is 0 Å². The van der Waals surface area contributed by atoms with Crippen LogP contribution >= 0.6 is 0 Å². The first-order valence-electron chi connectivity index (χ1n) is 4.34. The minimum Gasteiger partial charge on any atom is -0.357 e. The molecule has 0 spiro atoms. The Kier molecular flexibility index (Phi) is 2.14. The number of anilines is 1. The van der Waals surface area contributed by atoms with Gasteiger partial charge in [-0.3, -0.25) is 0 Å². The molecule has 1 aromatic rings. The fourth-order valence-corrected chi connectivity index (χ4v) is 2.82. The van der Waals surface area contributed by atoms with Gasteiger partial charge in [-0.1, -0.05) is 0 Å². The Morgan fingerprint density at radius 1 is 1.50 bits per heavy atom. The van der Waals surface area contributed by atoms with Gasteiger partial charge in [-0.25, -0.2) is 18.4 Å². The SMILES string of the molecule is CNc1ncc2c(n1)CCS(=O)(=O)C2. The summed E-state index contributed by atoms with van der Waals surface area (Å²) in [5, 5.41) is 2.83. The second kappa shape index (κ2) is 3.20. The van der Waals surface area contributed by atoms with Gasteiger partial charge in [0.2, 0.25) is 5.95 Å². The highest BCUT2D eigenvalue weighted by atomic mass is 32.2. The van der Waals surface area contributed by atoms with Crippen LogP contribution in [0.25, 0.3) is 0 Å². The van der Waals surface area contributed by atoms with E-state index < -0.39 is 9.84 Å². The zero-order valence-electron chi connectivity index (χ0n) is 7.82. The van der Waals surface area contributed by atoms with Crippen molar-refractivity contribution in [2.24, 2.45) is 0 Å². The summed E-state index contributed by atoms with van der Waals surface area (Å²) >= 11 is 0. The number of fused-ring (bicyclic) bond motifs is 1. The second-order valence-corrected chi connectivity index (χ2v) is 5.44. The molecule has 5 nitrogen and oxygen atoms in total. The van der Waals surface area contributed by atoms with E-state index in [4.69, 9.17) is 0 Å². The zero-order chi connectivity index (χ0) is 10.2. The zero-order valence-corrected chi connectivity index (χ0v) is 8.63. The summed E-state index contributed by atoms with van der Waals surface area (Å²) < 4.78 is 22.6. The number of aromatic nitrogens is 2. The standard InChI is InChI=1S/C8H11N3O2S/c1-9-8-10-4-6-5-14(12,13)3-2-7(6)11-8/h4H,2-3,5H2,1H3,(H,9,10,11). The number of rotatable bonds is 1. The first-order chi connectivity index (χ1) is 6.61. The second-order valence-electron chi connectivity index (χ2n) is 3.26. The van der Waals surface area contributed by atoms with Crippen LogP contribution in [0, 0.1) is 0 Å². The van der Waals surface area contributed by atoms with Crippen LogP contribution < -0.4 is 5.32 Å². The minimum absolute atomic E-state index is 0.0757. The average molecular weight is 213 g/mol. The molecule has 0 amide bonds. The molecule has 0 saturated carbocycles. The maximum Gasteiger partial charge on any atom is 0.222 e. The van der Waals surface area contributed by atoms with E-state index in [1.54, 1.807) is 13.2 Å². The van der Waals surface area contributed by atoms with Crippen LogP contribution in [0.5, 0.6) is 0 Å². The van der Waals surface area contributed by atoms with Crippen molar-refractivity contribution in [2.45, 2.75) is 12.2 Å². The molecule has 0 unspecified atom stereocenters. The van der Waals surface area contributed by atoms with Crippen molar-refractivity contribution in [3.8, 4) is 0 Å². The Balaban J connectivity index is 2.42. The van der Waals surface area contributed by atoms with Crippen molar-refractivity contribution in [3.63, 3.8) is 0 Å². The summed E-state index contributed by atoms with van der Waals surface area (Å²) in [5.74, 6) is 0.815. The highest BCUT2D eigenvalue weighted by Gasteiger charge is 2.22. The molecular formula is C8H11N3O2S. The van der Waals surface area contributed by atoms with Gasteiger partial charge in [0.1, 0.15) is 0 Å². The predicted octanol–water partition coefficient (Wildman–Crippen LogP) is -0.0108. The van der Waals surface area contributed by atoms with E-state index in [1.165, 1.54) is 0 Å². The van der Waals surface area contributed by atoms with Gasteiger partial charge < -0.3 is 5.32 Å². The molecule has 2 rings (SSSR count). The molecule has 0 radical (unpaired) electrons. The maximum absolute atomic E-state index is 11.3. The number of sulfone groups is 1. The molecule has 0 aliphatic carbocycles. The molecule has 14 heavy (non-hydrogen) atoms. The van der Waals surface area contributed by atoms with E-state index in [-0.39, 0.29) is 11.5 Å². The van der Waals surface area contributed by atoms with E-state index in [1.807, 2.05) is 0 Å². The molecule has 2 heterocycles. The lowest BCUT2D eigenvalue weighted by Gasteiger charge is -2.15. The largest absolute Gasteiger partial charge is 0.357 e. The normalized spacial score (nSPS) is 18.6. The van der Waals surface area contributed by atoms with Crippen molar-refractivity contribution in [1.82, 2.24) is 9.97 Å². The Bertz CT molecular complexity index is 456. The Morgan fingerprint density at radius 2 is 2.29 bits per heavy atom. The van der Waals surface area contributed by atoms with Crippen molar-refractivity contribution >= 4 is 15.8 Å². The molecule has 0 atom stereocenters. The molecule has 0 bridgehead atoms. The summed E-state index contributed by atoms with van der Waals surface area (Å²) in [5.41, 5.74) is 1.58. The lowest BCUT2D eigenvalue weighted by atomic mass is 10.2. The number of hydrogen-bond donors (Lipinski definition) is 1. The number of nitrogens with zero attached hydrogens (tertiary/aromatic N) is 2.